The number of carbonyl (C=O) groups excluding carboxylic acids is 1. The smallest absolute Gasteiger partial charge is 0.308 e. The molecule has 0 bridgehead atoms. The highest BCUT2D eigenvalue weighted by Gasteiger charge is 2.08. The summed E-state index contributed by atoms with van der Waals surface area (Å²) in [5.74, 6) is -0.551. The van der Waals surface area contributed by atoms with Gasteiger partial charge in [-0.25, -0.2) is 0 Å². The molecule has 0 heterocycles. The highest BCUT2D eigenvalue weighted by atomic mass is 32.2. The van der Waals surface area contributed by atoms with Crippen LogP contribution in [0.2, 0.25) is 0 Å². The Morgan fingerprint density at radius 3 is 2.75 bits per heavy atom. The summed E-state index contributed by atoms with van der Waals surface area (Å²) in [6.07, 6.45) is -5.91. The Bertz CT molecular complexity index is 261. The van der Waals surface area contributed by atoms with E-state index in [0.29, 0.717) is 0 Å². The van der Waals surface area contributed by atoms with E-state index >= 15 is 0 Å². The Morgan fingerprint density at radius 2 is 2.25 bits per heavy atom. The van der Waals surface area contributed by atoms with Gasteiger partial charge in [0.15, 0.2) is 0 Å². The van der Waals surface area contributed by atoms with E-state index in [2.05, 4.69) is 0 Å². The fraction of sp³-hybridized carbons (Fsp3) is 0.875. The maximum atomic E-state index is 11.2. The van der Waals surface area contributed by atoms with E-state index in [1.54, 1.807) is 13.8 Å². The second-order valence-corrected chi connectivity index (χ2v) is 3.15. The third-order valence-corrected chi connectivity index (χ3v) is 1.28. The predicted molar refractivity (Wildman–Crippen MR) is 51.0 cm³/mol. The van der Waals surface area contributed by atoms with Crippen LogP contribution in [0.15, 0.2) is 0 Å². The van der Waals surface area contributed by atoms with Crippen molar-refractivity contribution in [1.82, 2.24) is 0 Å². The topological polar surface area (TPSA) is 35.5 Å². The van der Waals surface area contributed by atoms with Crippen molar-refractivity contribution in [3.05, 3.63) is 0 Å². The van der Waals surface area contributed by atoms with Gasteiger partial charge in [0, 0.05) is 0 Å². The monoisotopic (exact) mass is 199 g/mol. The van der Waals surface area contributed by atoms with E-state index in [0.717, 1.165) is 0 Å². The van der Waals surface area contributed by atoms with Gasteiger partial charge in [-0.15, -0.1) is 0 Å². The highest BCUT2D eigenvalue weighted by Crippen LogP contribution is 1.96. The van der Waals surface area contributed by atoms with Crippen LogP contribution in [0, 0.1) is 0 Å². The van der Waals surface area contributed by atoms with Crippen molar-refractivity contribution in [3.63, 3.8) is 0 Å². The molecule has 0 aliphatic carbocycles. The number of rotatable bonds is 5. The molecule has 0 unspecified atom stereocenters. The van der Waals surface area contributed by atoms with E-state index < -0.39 is 29.5 Å². The summed E-state index contributed by atoms with van der Waals surface area (Å²) in [6, 6.07) is 0. The molecule has 4 heteroatoms. The summed E-state index contributed by atoms with van der Waals surface area (Å²) in [7, 11) is 0. The van der Waals surface area contributed by atoms with Gasteiger partial charge < -0.3 is 4.74 Å². The molecular weight excluding hydrogens is 176 g/mol. The van der Waals surface area contributed by atoms with Gasteiger partial charge in [-0.1, -0.05) is 0 Å². The fourth-order valence-electron chi connectivity index (χ4n) is 0.530. The van der Waals surface area contributed by atoms with Gasteiger partial charge >= 0.3 is 5.97 Å². The van der Waals surface area contributed by atoms with E-state index in [1.165, 1.54) is 0 Å². The van der Waals surface area contributed by atoms with Crippen molar-refractivity contribution in [1.29, 1.82) is 0 Å². The molecule has 0 saturated heterocycles. The maximum absolute atomic E-state index is 11.2. The van der Waals surface area contributed by atoms with E-state index in [-0.39, 0.29) is 19.1 Å². The predicted octanol–water partition coefficient (Wildman–Crippen LogP) is 1.14. The van der Waals surface area contributed by atoms with Crippen molar-refractivity contribution in [2.45, 2.75) is 26.4 Å². The van der Waals surface area contributed by atoms with Crippen LogP contribution in [-0.4, -0.2) is 31.0 Å². The minimum Gasteiger partial charge on any atom is -0.463 e. The van der Waals surface area contributed by atoms with Crippen LogP contribution in [0.1, 0.15) is 28.5 Å². The van der Waals surface area contributed by atoms with Crippen LogP contribution in [0.25, 0.3) is 0 Å². The summed E-state index contributed by atoms with van der Waals surface area (Å²) in [5.41, 5.74) is 0. The minimum atomic E-state index is -2.73. The van der Waals surface area contributed by atoms with Gasteiger partial charge in [-0.05, 0) is 13.8 Å². The van der Waals surface area contributed by atoms with Gasteiger partial charge in [0.25, 0.3) is 0 Å². The van der Waals surface area contributed by atoms with Gasteiger partial charge in [0.1, 0.15) is 30.2 Å². The fourth-order valence-corrected chi connectivity index (χ4v) is 0.780. The van der Waals surface area contributed by atoms with Crippen LogP contribution in [0.3, 0.4) is 0 Å². The third kappa shape index (κ3) is 7.88. The molecule has 0 amide bonds. The SMILES string of the molecule is [2H]C([2H])([2H])[S+](OCCC(=O)OC(C)C)C([2H])([2H])[2H]. The van der Waals surface area contributed by atoms with Crippen molar-refractivity contribution < 1.29 is 21.9 Å². The lowest BCUT2D eigenvalue weighted by molar-refractivity contribution is -0.147. The summed E-state index contributed by atoms with van der Waals surface area (Å²) >= 11 is -2.20. The molecule has 0 rings (SSSR count). The summed E-state index contributed by atoms with van der Waals surface area (Å²) in [6.45, 7) is 3.06. The zero-order valence-corrected chi connectivity index (χ0v) is 7.94. The summed E-state index contributed by atoms with van der Waals surface area (Å²) in [5, 5.41) is 0. The van der Waals surface area contributed by atoms with Crippen LogP contribution in [0.4, 0.5) is 0 Å². The average molecular weight is 199 g/mol. The van der Waals surface area contributed by atoms with Crippen molar-refractivity contribution in [2.24, 2.45) is 0 Å². The normalized spacial score (nSPS) is 20.3. The number of carbonyl (C=O) groups is 1. The average Bonchev–Trinajstić information content (AvgIpc) is 2.06. The van der Waals surface area contributed by atoms with Crippen molar-refractivity contribution >= 4 is 17.1 Å². The quantitative estimate of drug-likeness (QED) is 0.492. The minimum absolute atomic E-state index is 0.173. The van der Waals surface area contributed by atoms with E-state index in [9.17, 15) is 4.79 Å². The standard InChI is InChI=1S/C8H17O3S/c1-7(2)11-8(9)5-6-10-12(3)4/h7H,5-6H2,1-4H3/q+1/i3D3,4D3. The molecule has 0 spiro atoms. The molecule has 0 fully saturated rings. The van der Waals surface area contributed by atoms with Gasteiger partial charge in [0.2, 0.25) is 0 Å². The molecule has 0 N–H and O–H groups in total. The van der Waals surface area contributed by atoms with Crippen LogP contribution in [0.5, 0.6) is 0 Å². The lowest BCUT2D eigenvalue weighted by Crippen LogP contribution is -2.14. The zero-order valence-electron chi connectivity index (χ0n) is 13.1. The second kappa shape index (κ2) is 6.31. The molecule has 72 valence electrons. The van der Waals surface area contributed by atoms with Crippen LogP contribution in [-0.2, 0) is 24.9 Å². The molecule has 0 aliphatic rings. The highest BCUT2D eigenvalue weighted by molar-refractivity contribution is 7.90. The molecule has 0 aromatic rings. The van der Waals surface area contributed by atoms with Crippen molar-refractivity contribution in [3.8, 4) is 0 Å². The van der Waals surface area contributed by atoms with Crippen LogP contribution >= 0.6 is 0 Å². The second-order valence-electron chi connectivity index (χ2n) is 2.38. The number of hydrogen-bond acceptors (Lipinski definition) is 3. The number of esters is 1. The number of ether oxygens (including phenoxy) is 1. The van der Waals surface area contributed by atoms with Gasteiger partial charge in [-0.3, -0.25) is 4.79 Å². The lowest BCUT2D eigenvalue weighted by atomic mass is 10.4. The number of hydrogen-bond donors (Lipinski definition) is 0. The Labute approximate surface area is 85.4 Å². The molecule has 12 heavy (non-hydrogen) atoms. The van der Waals surface area contributed by atoms with Gasteiger partial charge in [0.05, 0.1) is 20.7 Å². The molecular formula is C8H17O3S+. The molecule has 0 aromatic heterocycles. The Hall–Kier alpha value is -0.220. The Morgan fingerprint density at radius 1 is 1.58 bits per heavy atom. The van der Waals surface area contributed by atoms with Crippen molar-refractivity contribution in [2.75, 3.05) is 19.0 Å². The lowest BCUT2D eigenvalue weighted by Gasteiger charge is -2.06. The third-order valence-electron chi connectivity index (χ3n) is 0.875. The first-order chi connectivity index (χ1) is 7.94. The Balaban J connectivity index is 4.27. The van der Waals surface area contributed by atoms with Crippen LogP contribution < -0.4 is 0 Å². The molecule has 0 radical (unpaired) electrons. The zero-order chi connectivity index (χ0) is 14.6. The van der Waals surface area contributed by atoms with E-state index in [4.69, 9.17) is 17.1 Å². The molecule has 3 nitrogen and oxygen atoms in total. The summed E-state index contributed by atoms with van der Waals surface area (Å²) < 4.78 is 52.2. The summed E-state index contributed by atoms with van der Waals surface area (Å²) in [4.78, 5) is 11.2. The first-order valence-electron chi connectivity index (χ1n) is 6.52. The molecule has 0 saturated carbocycles. The van der Waals surface area contributed by atoms with Gasteiger partial charge in [-0.2, -0.15) is 4.18 Å². The largest absolute Gasteiger partial charge is 0.463 e. The first-order valence-corrected chi connectivity index (χ1v) is 4.67. The Kier molecular flexibility index (Phi) is 2.56. The molecule has 0 aliphatic heterocycles. The molecule has 0 aromatic carbocycles. The first kappa shape index (κ1) is 4.86. The maximum Gasteiger partial charge on any atom is 0.308 e. The van der Waals surface area contributed by atoms with E-state index in [1.807, 2.05) is 0 Å². The molecule has 0 atom stereocenters.